The summed E-state index contributed by atoms with van der Waals surface area (Å²) < 4.78 is 14.4. The predicted molar refractivity (Wildman–Crippen MR) is 87.4 cm³/mol. The molecule has 0 N–H and O–H groups in total. The first-order chi connectivity index (χ1) is 11.2. The summed E-state index contributed by atoms with van der Waals surface area (Å²) in [5.41, 5.74) is 2.51. The monoisotopic (exact) mass is 303 g/mol. The highest BCUT2D eigenvalue weighted by Crippen LogP contribution is 2.25. The zero-order chi connectivity index (χ0) is 15.8. The fourth-order valence-corrected chi connectivity index (χ4v) is 2.50. The molecule has 0 atom stereocenters. The summed E-state index contributed by atoms with van der Waals surface area (Å²) in [4.78, 5) is 23.7. The number of hydrogen-bond donors (Lipinski definition) is 0. The van der Waals surface area contributed by atoms with Gasteiger partial charge in [-0.2, -0.15) is 0 Å². The molecule has 2 aliphatic heterocycles. The summed E-state index contributed by atoms with van der Waals surface area (Å²) in [5.74, 6) is -0.464. The van der Waals surface area contributed by atoms with Crippen molar-refractivity contribution in [3.63, 3.8) is 0 Å². The zero-order valence-electron chi connectivity index (χ0n) is 11.9. The Morgan fingerprint density at radius 2 is 1.74 bits per heavy atom. The van der Waals surface area contributed by atoms with E-state index >= 15 is 0 Å². The molecule has 0 fully saturated rings. The lowest BCUT2D eigenvalue weighted by Gasteiger charge is -2.05. The van der Waals surface area contributed by atoms with Crippen molar-refractivity contribution in [2.75, 3.05) is 0 Å². The first-order valence-corrected chi connectivity index (χ1v) is 7.04. The summed E-state index contributed by atoms with van der Waals surface area (Å²) in [6.45, 7) is 0. The minimum absolute atomic E-state index is 0.204. The molecule has 0 radical (unpaired) electrons. The van der Waals surface area contributed by atoms with Crippen molar-refractivity contribution in [2.45, 2.75) is 0 Å². The van der Waals surface area contributed by atoms with Gasteiger partial charge in [0.2, 0.25) is 0 Å². The Morgan fingerprint density at radius 1 is 0.913 bits per heavy atom. The second kappa shape index (κ2) is 5.21. The van der Waals surface area contributed by atoms with E-state index in [1.54, 1.807) is 18.2 Å². The van der Waals surface area contributed by atoms with E-state index in [-0.39, 0.29) is 11.5 Å². The van der Waals surface area contributed by atoms with Gasteiger partial charge < -0.3 is 0 Å². The maximum absolute atomic E-state index is 14.4. The van der Waals surface area contributed by atoms with Gasteiger partial charge in [-0.05, 0) is 17.7 Å². The number of allylic oxidation sites excluding steroid dienone is 1. The highest BCUT2D eigenvalue weighted by molar-refractivity contribution is 6.51. The zero-order valence-corrected chi connectivity index (χ0v) is 11.9. The van der Waals surface area contributed by atoms with Crippen LogP contribution >= 0.6 is 0 Å². The average Bonchev–Trinajstić information content (AvgIpc) is 3.01. The molecule has 0 aliphatic carbocycles. The molecular formula is C18H10FN3O. The van der Waals surface area contributed by atoms with Gasteiger partial charge in [-0.1, -0.05) is 42.5 Å². The quantitative estimate of drug-likeness (QED) is 0.840. The summed E-state index contributed by atoms with van der Waals surface area (Å²) in [6, 6.07) is 14.1. The molecule has 2 aromatic carbocycles. The highest BCUT2D eigenvalue weighted by Gasteiger charge is 2.25. The van der Waals surface area contributed by atoms with E-state index in [2.05, 4.69) is 15.0 Å². The second-order valence-corrected chi connectivity index (χ2v) is 5.09. The molecule has 0 saturated carbocycles. The van der Waals surface area contributed by atoms with Crippen molar-refractivity contribution < 1.29 is 9.18 Å². The number of hydrogen-bond acceptors (Lipinski definition) is 3. The van der Waals surface area contributed by atoms with Crippen LogP contribution in [0.25, 0.3) is 11.1 Å². The largest absolute Gasteiger partial charge is 0.297 e. The third-order valence-electron chi connectivity index (χ3n) is 3.63. The second-order valence-electron chi connectivity index (χ2n) is 5.09. The van der Waals surface area contributed by atoms with Crippen LogP contribution in [-0.4, -0.2) is 23.7 Å². The number of dihydropyridines is 1. The maximum atomic E-state index is 14.4. The third kappa shape index (κ3) is 2.32. The number of aliphatic imine (C=N–C) groups is 3. The Balaban J connectivity index is 1.73. The van der Waals surface area contributed by atoms with Crippen LogP contribution in [0.15, 0.2) is 75.3 Å². The van der Waals surface area contributed by atoms with Crippen LogP contribution in [0.5, 0.6) is 0 Å². The Labute approximate surface area is 131 Å². The van der Waals surface area contributed by atoms with Gasteiger partial charge in [0, 0.05) is 17.3 Å². The lowest BCUT2D eigenvalue weighted by molar-refractivity contribution is -0.111. The van der Waals surface area contributed by atoms with Gasteiger partial charge in [-0.3, -0.25) is 4.79 Å². The fourth-order valence-electron chi connectivity index (χ4n) is 2.50. The van der Waals surface area contributed by atoms with E-state index in [0.717, 1.165) is 5.56 Å². The van der Waals surface area contributed by atoms with Crippen LogP contribution in [0.2, 0.25) is 0 Å². The fraction of sp³-hybridized carbons (Fsp3) is 0. The van der Waals surface area contributed by atoms with Gasteiger partial charge in [0.1, 0.15) is 5.82 Å². The first kappa shape index (κ1) is 13.5. The Bertz CT molecular complexity index is 940. The van der Waals surface area contributed by atoms with E-state index in [1.165, 1.54) is 12.3 Å². The van der Waals surface area contributed by atoms with Crippen LogP contribution in [0.3, 0.4) is 0 Å². The number of amidine groups is 1. The van der Waals surface area contributed by atoms with Crippen LogP contribution < -0.4 is 0 Å². The van der Waals surface area contributed by atoms with E-state index in [4.69, 9.17) is 0 Å². The topological polar surface area (TPSA) is 54.1 Å². The molecule has 4 rings (SSSR count). The molecule has 110 valence electrons. The summed E-state index contributed by atoms with van der Waals surface area (Å²) in [5, 5.41) is 0. The van der Waals surface area contributed by atoms with E-state index < -0.39 is 5.91 Å². The molecule has 2 aromatic rings. The van der Waals surface area contributed by atoms with Gasteiger partial charge in [-0.25, -0.2) is 19.4 Å². The SMILES string of the molecule is O=C1N=CC=C2N=C(c3ccc(-c4ccccc4)c(F)c3)N=C12. The molecule has 1 amide bonds. The minimum Gasteiger partial charge on any atom is -0.265 e. The Kier molecular flexibility index (Phi) is 3.05. The van der Waals surface area contributed by atoms with E-state index in [1.807, 2.05) is 30.3 Å². The number of carbonyl (C=O) groups is 1. The Morgan fingerprint density at radius 3 is 2.48 bits per heavy atom. The standard InChI is InChI=1S/C18H10FN3O/c19-14-10-12(6-7-13(14)11-4-2-1-3-5-11)17-21-15-8-9-20-18(23)16(15)22-17/h1-10H. The van der Waals surface area contributed by atoms with Crippen LogP contribution in [0.1, 0.15) is 5.56 Å². The van der Waals surface area contributed by atoms with Crippen molar-refractivity contribution in [1.82, 2.24) is 0 Å². The predicted octanol–water partition coefficient (Wildman–Crippen LogP) is 3.19. The molecule has 0 saturated heterocycles. The molecule has 2 aliphatic rings. The number of fused-ring (bicyclic) bond motifs is 1. The van der Waals surface area contributed by atoms with Crippen molar-refractivity contribution in [3.8, 4) is 11.1 Å². The summed E-state index contributed by atoms with van der Waals surface area (Å²) in [7, 11) is 0. The summed E-state index contributed by atoms with van der Waals surface area (Å²) in [6.07, 6.45) is 3.00. The molecule has 0 unspecified atom stereocenters. The number of carbonyl (C=O) groups excluding carboxylic acids is 1. The number of amides is 1. The molecule has 0 aromatic heterocycles. The van der Waals surface area contributed by atoms with Crippen molar-refractivity contribution in [3.05, 3.63) is 71.7 Å². The number of halogens is 1. The first-order valence-electron chi connectivity index (χ1n) is 7.04. The van der Waals surface area contributed by atoms with Crippen molar-refractivity contribution in [2.24, 2.45) is 15.0 Å². The van der Waals surface area contributed by atoms with E-state index in [9.17, 15) is 9.18 Å². The minimum atomic E-state index is -0.428. The van der Waals surface area contributed by atoms with Gasteiger partial charge in [0.25, 0.3) is 5.91 Å². The molecular weight excluding hydrogens is 293 g/mol. The number of nitrogens with zero attached hydrogens (tertiary/aromatic N) is 3. The summed E-state index contributed by atoms with van der Waals surface area (Å²) >= 11 is 0. The van der Waals surface area contributed by atoms with Crippen molar-refractivity contribution >= 4 is 23.7 Å². The van der Waals surface area contributed by atoms with E-state index in [0.29, 0.717) is 22.7 Å². The van der Waals surface area contributed by atoms with Crippen molar-refractivity contribution in [1.29, 1.82) is 0 Å². The van der Waals surface area contributed by atoms with Crippen LogP contribution in [0.4, 0.5) is 4.39 Å². The maximum Gasteiger partial charge on any atom is 0.297 e. The smallest absolute Gasteiger partial charge is 0.265 e. The number of benzene rings is 2. The lowest BCUT2D eigenvalue weighted by Crippen LogP contribution is -2.14. The molecule has 4 nitrogen and oxygen atoms in total. The molecule has 0 bridgehead atoms. The average molecular weight is 303 g/mol. The van der Waals surface area contributed by atoms with Gasteiger partial charge in [0.15, 0.2) is 11.5 Å². The highest BCUT2D eigenvalue weighted by atomic mass is 19.1. The van der Waals surface area contributed by atoms with Crippen LogP contribution in [-0.2, 0) is 4.79 Å². The lowest BCUT2D eigenvalue weighted by atomic mass is 10.0. The van der Waals surface area contributed by atoms with Gasteiger partial charge in [0.05, 0.1) is 5.70 Å². The molecule has 2 heterocycles. The molecule has 5 heteroatoms. The van der Waals surface area contributed by atoms with Crippen LogP contribution in [0, 0.1) is 5.82 Å². The number of rotatable bonds is 2. The third-order valence-corrected chi connectivity index (χ3v) is 3.63. The molecule has 0 spiro atoms. The Hall–Kier alpha value is -3.21. The normalized spacial score (nSPS) is 15.9. The van der Waals surface area contributed by atoms with Gasteiger partial charge >= 0.3 is 0 Å². The molecule has 23 heavy (non-hydrogen) atoms. The van der Waals surface area contributed by atoms with Gasteiger partial charge in [-0.15, -0.1) is 0 Å².